The minimum absolute atomic E-state index is 0.0136. The molecule has 0 aliphatic heterocycles. The van der Waals surface area contributed by atoms with Gasteiger partial charge in [-0.15, -0.1) is 0 Å². The maximum absolute atomic E-state index is 14.2. The number of carbonyl (C=O) groups is 4. The van der Waals surface area contributed by atoms with Crippen molar-refractivity contribution < 1.29 is 38.9 Å². The lowest BCUT2D eigenvalue weighted by atomic mass is 9.55. The zero-order valence-corrected chi connectivity index (χ0v) is 29.9. The van der Waals surface area contributed by atoms with Crippen LogP contribution < -0.4 is 9.47 Å². The van der Waals surface area contributed by atoms with Crippen molar-refractivity contribution in [1.82, 2.24) is 9.80 Å². The van der Waals surface area contributed by atoms with Crippen LogP contribution in [0.2, 0.25) is 0 Å². The Hall–Kier alpha value is -5.64. The van der Waals surface area contributed by atoms with E-state index in [0.29, 0.717) is 23.0 Å². The number of para-hydroxylation sites is 2. The third-order valence-electron chi connectivity index (χ3n) is 9.03. The standard InChI is InChI=1S/C42H46N2O8/c1-27(2)23-43(25-29-15-19-33(20-16-29)51-31-11-7-5-8-12-31)39(45)35-37(41(47)48)36(38(35)42(49)50)40(46)44(24-28(3)4)26-30-17-21-34(22-18-30)52-32-13-9-6-10-14-32/h5-22,27-28,35-38H,23-26H2,1-4H3,(H,47,48)(H,49,50). The lowest BCUT2D eigenvalue weighted by molar-refractivity contribution is -0.188. The van der Waals surface area contributed by atoms with Crippen LogP contribution in [0.25, 0.3) is 0 Å². The van der Waals surface area contributed by atoms with Gasteiger partial charge >= 0.3 is 11.9 Å². The summed E-state index contributed by atoms with van der Waals surface area (Å²) in [4.78, 5) is 57.0. The number of benzene rings is 4. The van der Waals surface area contributed by atoms with Crippen LogP contribution in [0.1, 0.15) is 38.8 Å². The summed E-state index contributed by atoms with van der Waals surface area (Å²) in [5.41, 5.74) is 1.53. The van der Waals surface area contributed by atoms with Gasteiger partial charge in [0, 0.05) is 26.2 Å². The Balaban J connectivity index is 1.34. The molecule has 5 rings (SSSR count). The molecule has 0 unspecified atom stereocenters. The maximum atomic E-state index is 14.2. The van der Waals surface area contributed by atoms with E-state index < -0.39 is 47.4 Å². The molecule has 1 aliphatic rings. The Morgan fingerprint density at radius 3 is 1.10 bits per heavy atom. The molecule has 272 valence electrons. The lowest BCUT2D eigenvalue weighted by Crippen LogP contribution is -2.64. The Morgan fingerprint density at radius 2 is 0.808 bits per heavy atom. The summed E-state index contributed by atoms with van der Waals surface area (Å²) < 4.78 is 11.8. The maximum Gasteiger partial charge on any atom is 0.308 e. The van der Waals surface area contributed by atoms with Gasteiger partial charge in [-0.25, -0.2) is 0 Å². The van der Waals surface area contributed by atoms with Gasteiger partial charge in [0.1, 0.15) is 23.0 Å². The number of rotatable bonds is 16. The molecule has 0 aromatic heterocycles. The predicted molar refractivity (Wildman–Crippen MR) is 196 cm³/mol. The monoisotopic (exact) mass is 706 g/mol. The van der Waals surface area contributed by atoms with Crippen molar-refractivity contribution in [3.05, 3.63) is 120 Å². The third kappa shape index (κ3) is 9.37. The molecule has 10 heteroatoms. The van der Waals surface area contributed by atoms with Gasteiger partial charge in [-0.3, -0.25) is 19.2 Å². The first-order valence-electron chi connectivity index (χ1n) is 17.6. The summed E-state index contributed by atoms with van der Waals surface area (Å²) in [7, 11) is 0. The fourth-order valence-corrected chi connectivity index (χ4v) is 6.76. The van der Waals surface area contributed by atoms with Crippen molar-refractivity contribution in [2.75, 3.05) is 13.1 Å². The number of carboxylic acids is 2. The van der Waals surface area contributed by atoms with Crippen molar-refractivity contribution in [2.45, 2.75) is 40.8 Å². The molecule has 2 N–H and O–H groups in total. The molecular weight excluding hydrogens is 660 g/mol. The Kier molecular flexibility index (Phi) is 12.3. The quantitative estimate of drug-likeness (QED) is 0.122. The minimum atomic E-state index is -1.49. The summed E-state index contributed by atoms with van der Waals surface area (Å²) in [6, 6.07) is 33.0. The molecule has 52 heavy (non-hydrogen) atoms. The van der Waals surface area contributed by atoms with Gasteiger partial charge < -0.3 is 29.5 Å². The first-order valence-corrected chi connectivity index (χ1v) is 17.6. The third-order valence-corrected chi connectivity index (χ3v) is 9.03. The van der Waals surface area contributed by atoms with Gasteiger partial charge in [0.2, 0.25) is 11.8 Å². The summed E-state index contributed by atoms with van der Waals surface area (Å²) in [6.07, 6.45) is 0. The fourth-order valence-electron chi connectivity index (χ4n) is 6.76. The number of aliphatic carboxylic acids is 2. The van der Waals surface area contributed by atoms with Crippen LogP contribution in [-0.4, -0.2) is 56.9 Å². The fraction of sp³-hybridized carbons (Fsp3) is 0.333. The number of hydrogen-bond donors (Lipinski definition) is 2. The van der Waals surface area contributed by atoms with Crippen molar-refractivity contribution in [3.8, 4) is 23.0 Å². The Bertz CT molecular complexity index is 1670. The number of carboxylic acid groups (broad SMARTS) is 2. The van der Waals surface area contributed by atoms with Crippen molar-refractivity contribution in [1.29, 1.82) is 0 Å². The van der Waals surface area contributed by atoms with Gasteiger partial charge in [-0.2, -0.15) is 0 Å². The molecular formula is C42H46N2O8. The molecule has 1 aliphatic carbocycles. The van der Waals surface area contributed by atoms with Gasteiger partial charge in [0.25, 0.3) is 0 Å². The average Bonchev–Trinajstić information content (AvgIpc) is 3.09. The van der Waals surface area contributed by atoms with E-state index in [0.717, 1.165) is 11.1 Å². The first kappa shape index (κ1) is 37.6. The van der Waals surface area contributed by atoms with E-state index in [4.69, 9.17) is 9.47 Å². The number of carbonyl (C=O) groups excluding carboxylic acids is 2. The predicted octanol–water partition coefficient (Wildman–Crippen LogP) is 7.59. The van der Waals surface area contributed by atoms with Gasteiger partial charge in [-0.1, -0.05) is 88.4 Å². The average molecular weight is 707 g/mol. The highest BCUT2D eigenvalue weighted by molar-refractivity contribution is 5.99. The van der Waals surface area contributed by atoms with E-state index >= 15 is 0 Å². The van der Waals surface area contributed by atoms with Crippen molar-refractivity contribution in [2.24, 2.45) is 35.5 Å². The largest absolute Gasteiger partial charge is 0.481 e. The van der Waals surface area contributed by atoms with E-state index in [1.54, 1.807) is 24.3 Å². The molecule has 0 atom stereocenters. The van der Waals surface area contributed by atoms with Crippen molar-refractivity contribution >= 4 is 23.8 Å². The molecule has 0 spiro atoms. The smallest absolute Gasteiger partial charge is 0.308 e. The summed E-state index contributed by atoms with van der Waals surface area (Å²) in [5.74, 6) is -7.11. The Labute approximate surface area is 304 Å². The molecule has 4 aromatic carbocycles. The highest BCUT2D eigenvalue weighted by Crippen LogP contribution is 2.49. The molecule has 10 nitrogen and oxygen atoms in total. The molecule has 1 saturated carbocycles. The van der Waals surface area contributed by atoms with Crippen LogP contribution in [-0.2, 0) is 32.3 Å². The first-order chi connectivity index (χ1) is 24.9. The highest BCUT2D eigenvalue weighted by Gasteiger charge is 2.64. The summed E-state index contributed by atoms with van der Waals surface area (Å²) in [5, 5.41) is 20.8. The SMILES string of the molecule is CC(C)CN(Cc1ccc(Oc2ccccc2)cc1)C(=O)C1C(C(=O)O)C(C(=O)N(Cc2ccc(Oc3ccccc3)cc2)CC(C)C)C1C(=O)O. The van der Waals surface area contributed by atoms with Gasteiger partial charge in [0.15, 0.2) is 0 Å². The molecule has 0 radical (unpaired) electrons. The van der Waals surface area contributed by atoms with Crippen LogP contribution in [0.15, 0.2) is 109 Å². The molecule has 0 bridgehead atoms. The number of hydrogen-bond acceptors (Lipinski definition) is 6. The highest BCUT2D eigenvalue weighted by atomic mass is 16.5. The molecule has 0 saturated heterocycles. The van der Waals surface area contributed by atoms with E-state index in [2.05, 4.69) is 0 Å². The summed E-state index contributed by atoms with van der Waals surface area (Å²) in [6.45, 7) is 8.54. The molecule has 4 aromatic rings. The normalized spacial score (nSPS) is 18.0. The van der Waals surface area contributed by atoms with Gasteiger partial charge in [0.05, 0.1) is 23.7 Å². The minimum Gasteiger partial charge on any atom is -0.481 e. The van der Waals surface area contributed by atoms with E-state index in [-0.39, 0.29) is 38.0 Å². The topological polar surface area (TPSA) is 134 Å². The van der Waals surface area contributed by atoms with E-state index in [1.807, 2.05) is 113 Å². The second kappa shape index (κ2) is 17.0. The van der Waals surface area contributed by atoms with Crippen LogP contribution in [0, 0.1) is 35.5 Å². The van der Waals surface area contributed by atoms with Crippen LogP contribution in [0.3, 0.4) is 0 Å². The molecule has 0 heterocycles. The second-order valence-corrected chi connectivity index (χ2v) is 14.1. The van der Waals surface area contributed by atoms with Crippen LogP contribution >= 0.6 is 0 Å². The molecule has 2 amide bonds. The number of amides is 2. The number of ether oxygens (including phenoxy) is 2. The van der Waals surface area contributed by atoms with Gasteiger partial charge in [-0.05, 0) is 71.5 Å². The Morgan fingerprint density at radius 1 is 0.500 bits per heavy atom. The summed E-state index contributed by atoms with van der Waals surface area (Å²) >= 11 is 0. The van der Waals surface area contributed by atoms with E-state index in [1.165, 1.54) is 9.80 Å². The van der Waals surface area contributed by atoms with Crippen molar-refractivity contribution in [3.63, 3.8) is 0 Å². The van der Waals surface area contributed by atoms with Crippen LogP contribution in [0.5, 0.6) is 23.0 Å². The lowest BCUT2D eigenvalue weighted by Gasteiger charge is -2.48. The second-order valence-electron chi connectivity index (χ2n) is 14.1. The van der Waals surface area contributed by atoms with Crippen LogP contribution in [0.4, 0.5) is 0 Å². The zero-order chi connectivity index (χ0) is 37.4. The zero-order valence-electron chi connectivity index (χ0n) is 29.9. The number of nitrogens with zero attached hydrogens (tertiary/aromatic N) is 2. The van der Waals surface area contributed by atoms with E-state index in [9.17, 15) is 29.4 Å². The molecule has 1 fully saturated rings.